The molecule has 5 heteroatoms. The second-order valence-corrected chi connectivity index (χ2v) is 7.56. The first-order valence-corrected chi connectivity index (χ1v) is 9.20. The van der Waals surface area contributed by atoms with Crippen LogP contribution in [0.5, 0.6) is 0 Å². The highest BCUT2D eigenvalue weighted by Crippen LogP contribution is 2.24. The van der Waals surface area contributed by atoms with Crippen molar-refractivity contribution in [1.82, 2.24) is 9.88 Å². The van der Waals surface area contributed by atoms with Gasteiger partial charge in [-0.3, -0.25) is 4.79 Å². The van der Waals surface area contributed by atoms with Crippen molar-refractivity contribution >= 4 is 34.6 Å². The molecular weight excluding hydrogens is 425 g/mol. The van der Waals surface area contributed by atoms with Gasteiger partial charge in [-0.15, -0.1) is 0 Å². The molecule has 0 aliphatic heterocycles. The third kappa shape index (κ3) is 4.31. The van der Waals surface area contributed by atoms with Gasteiger partial charge in [0, 0.05) is 26.7 Å². The van der Waals surface area contributed by atoms with E-state index < -0.39 is 0 Å². The molecule has 0 aliphatic rings. The molecule has 0 unspecified atom stereocenters. The lowest BCUT2D eigenvalue weighted by atomic mass is 10.1. The van der Waals surface area contributed by atoms with Gasteiger partial charge in [0.25, 0.3) is 5.91 Å². The summed E-state index contributed by atoms with van der Waals surface area (Å²) in [6.45, 7) is 9.86. The maximum absolute atomic E-state index is 12.1. The first-order chi connectivity index (χ1) is 11.7. The van der Waals surface area contributed by atoms with Crippen LogP contribution in [0.3, 0.4) is 0 Å². The standard InChI is InChI=1S/C20H22IN3O/c1-12(2)23-20(25)17(11-22)10-16-9-14(4)24(15(16)5)18-6-7-19(21)13(3)8-18/h6-10,12H,1-5H3,(H,23,25)/b17-10+. The summed E-state index contributed by atoms with van der Waals surface area (Å²) in [6, 6.07) is 10.3. The molecule has 1 heterocycles. The Morgan fingerprint density at radius 2 is 1.96 bits per heavy atom. The van der Waals surface area contributed by atoms with E-state index in [2.05, 4.69) is 57.6 Å². The summed E-state index contributed by atoms with van der Waals surface area (Å²) in [5.41, 5.74) is 5.36. The fraction of sp³-hybridized carbons (Fsp3) is 0.300. The first kappa shape index (κ1) is 19.3. The van der Waals surface area contributed by atoms with Crippen LogP contribution < -0.4 is 5.32 Å². The molecule has 0 spiro atoms. The summed E-state index contributed by atoms with van der Waals surface area (Å²) < 4.78 is 3.37. The van der Waals surface area contributed by atoms with Gasteiger partial charge < -0.3 is 9.88 Å². The Hall–Kier alpha value is -2.07. The van der Waals surface area contributed by atoms with E-state index in [1.54, 1.807) is 6.08 Å². The van der Waals surface area contributed by atoms with Gasteiger partial charge in [-0.25, -0.2) is 0 Å². The lowest BCUT2D eigenvalue weighted by Crippen LogP contribution is -2.30. The fourth-order valence-electron chi connectivity index (χ4n) is 2.74. The summed E-state index contributed by atoms with van der Waals surface area (Å²) in [7, 11) is 0. The van der Waals surface area contributed by atoms with Crippen LogP contribution in [0.15, 0.2) is 29.8 Å². The lowest BCUT2D eigenvalue weighted by Gasteiger charge is -2.11. The van der Waals surface area contributed by atoms with E-state index >= 15 is 0 Å². The SMILES string of the molecule is Cc1cc(-n2c(C)cc(/C=C(\C#N)C(=O)NC(C)C)c2C)ccc1I. The van der Waals surface area contributed by atoms with Crippen molar-refractivity contribution in [2.45, 2.75) is 40.7 Å². The summed E-state index contributed by atoms with van der Waals surface area (Å²) in [4.78, 5) is 12.1. The average Bonchev–Trinajstić information content (AvgIpc) is 2.81. The molecule has 1 aromatic carbocycles. The second-order valence-electron chi connectivity index (χ2n) is 6.39. The molecule has 2 rings (SSSR count). The van der Waals surface area contributed by atoms with Crippen LogP contribution in [0, 0.1) is 35.7 Å². The number of nitrogens with one attached hydrogen (secondary N) is 1. The highest BCUT2D eigenvalue weighted by atomic mass is 127. The minimum Gasteiger partial charge on any atom is -0.349 e. The zero-order valence-electron chi connectivity index (χ0n) is 15.1. The minimum absolute atomic E-state index is 0.00792. The topological polar surface area (TPSA) is 57.8 Å². The third-order valence-corrected chi connectivity index (χ3v) is 5.17. The highest BCUT2D eigenvalue weighted by molar-refractivity contribution is 14.1. The van der Waals surface area contributed by atoms with Crippen LogP contribution in [0.4, 0.5) is 0 Å². The molecule has 2 aromatic rings. The number of aromatic nitrogens is 1. The lowest BCUT2D eigenvalue weighted by molar-refractivity contribution is -0.117. The largest absolute Gasteiger partial charge is 0.349 e. The van der Waals surface area contributed by atoms with E-state index in [-0.39, 0.29) is 17.5 Å². The van der Waals surface area contributed by atoms with Crippen molar-refractivity contribution in [1.29, 1.82) is 5.26 Å². The monoisotopic (exact) mass is 447 g/mol. The van der Waals surface area contributed by atoms with Crippen molar-refractivity contribution in [2.24, 2.45) is 0 Å². The zero-order valence-corrected chi connectivity index (χ0v) is 17.3. The molecule has 0 saturated carbocycles. The van der Waals surface area contributed by atoms with E-state index in [0.29, 0.717) is 0 Å². The van der Waals surface area contributed by atoms with Gasteiger partial charge >= 0.3 is 0 Å². The Labute approximate surface area is 162 Å². The van der Waals surface area contributed by atoms with Gasteiger partial charge in [-0.05, 0) is 98.7 Å². The Bertz CT molecular complexity index is 885. The van der Waals surface area contributed by atoms with Crippen molar-refractivity contribution in [3.8, 4) is 11.8 Å². The number of benzene rings is 1. The number of halogens is 1. The molecule has 0 aliphatic carbocycles. The summed E-state index contributed by atoms with van der Waals surface area (Å²) in [5, 5.41) is 12.1. The number of hydrogen-bond donors (Lipinski definition) is 1. The Kier molecular flexibility index (Phi) is 6.07. The minimum atomic E-state index is -0.340. The van der Waals surface area contributed by atoms with Crippen molar-refractivity contribution < 1.29 is 4.79 Å². The molecule has 0 bridgehead atoms. The maximum Gasteiger partial charge on any atom is 0.262 e. The summed E-state index contributed by atoms with van der Waals surface area (Å²) >= 11 is 2.32. The van der Waals surface area contributed by atoms with Crippen LogP contribution in [0.1, 0.15) is 36.4 Å². The molecule has 0 fully saturated rings. The van der Waals surface area contributed by atoms with Crippen LogP contribution in [0.25, 0.3) is 11.8 Å². The number of amides is 1. The van der Waals surface area contributed by atoms with Gasteiger partial charge in [0.05, 0.1) is 0 Å². The molecule has 130 valence electrons. The summed E-state index contributed by atoms with van der Waals surface area (Å²) in [6.07, 6.45) is 1.66. The second kappa shape index (κ2) is 7.87. The van der Waals surface area contributed by atoms with Gasteiger partial charge in [0.2, 0.25) is 0 Å². The molecule has 1 amide bonds. The van der Waals surface area contributed by atoms with Crippen molar-refractivity contribution in [3.05, 3.63) is 55.9 Å². The predicted molar refractivity (Wildman–Crippen MR) is 110 cm³/mol. The van der Waals surface area contributed by atoms with Crippen LogP contribution in [-0.4, -0.2) is 16.5 Å². The number of rotatable bonds is 4. The first-order valence-electron chi connectivity index (χ1n) is 8.12. The summed E-state index contributed by atoms with van der Waals surface area (Å²) in [5.74, 6) is -0.340. The zero-order chi connectivity index (χ0) is 18.7. The van der Waals surface area contributed by atoms with Crippen LogP contribution in [0.2, 0.25) is 0 Å². The molecule has 1 N–H and O–H groups in total. The number of carbonyl (C=O) groups is 1. The number of hydrogen-bond acceptors (Lipinski definition) is 2. The number of aryl methyl sites for hydroxylation is 2. The molecule has 1 aromatic heterocycles. The van der Waals surface area contributed by atoms with E-state index in [1.807, 2.05) is 39.8 Å². The molecule has 0 saturated heterocycles. The maximum atomic E-state index is 12.1. The molecular formula is C20H22IN3O. The van der Waals surface area contributed by atoms with Gasteiger partial charge in [-0.2, -0.15) is 5.26 Å². The van der Waals surface area contributed by atoms with E-state index in [9.17, 15) is 10.1 Å². The van der Waals surface area contributed by atoms with Gasteiger partial charge in [0.15, 0.2) is 0 Å². The van der Waals surface area contributed by atoms with Crippen LogP contribution >= 0.6 is 22.6 Å². The predicted octanol–water partition coefficient (Wildman–Crippen LogP) is 4.44. The fourth-order valence-corrected chi connectivity index (χ4v) is 3.08. The van der Waals surface area contributed by atoms with Crippen LogP contribution in [-0.2, 0) is 4.79 Å². The van der Waals surface area contributed by atoms with Crippen molar-refractivity contribution in [3.63, 3.8) is 0 Å². The average molecular weight is 447 g/mol. The number of nitrogens with zero attached hydrogens (tertiary/aromatic N) is 2. The van der Waals surface area contributed by atoms with Gasteiger partial charge in [0.1, 0.15) is 11.6 Å². The number of nitriles is 1. The molecule has 25 heavy (non-hydrogen) atoms. The number of carbonyl (C=O) groups excluding carboxylic acids is 1. The quantitative estimate of drug-likeness (QED) is 0.428. The molecule has 0 radical (unpaired) electrons. The van der Waals surface area contributed by atoms with E-state index in [1.165, 1.54) is 9.13 Å². The van der Waals surface area contributed by atoms with Gasteiger partial charge in [-0.1, -0.05) is 0 Å². The molecule has 0 atom stereocenters. The Balaban J connectivity index is 2.48. The van der Waals surface area contributed by atoms with Crippen molar-refractivity contribution in [2.75, 3.05) is 0 Å². The molecule has 4 nitrogen and oxygen atoms in total. The van der Waals surface area contributed by atoms with E-state index in [4.69, 9.17) is 0 Å². The third-order valence-electron chi connectivity index (χ3n) is 3.95. The smallest absolute Gasteiger partial charge is 0.262 e. The normalized spacial score (nSPS) is 11.5. The Morgan fingerprint density at radius 3 is 2.52 bits per heavy atom. The highest BCUT2D eigenvalue weighted by Gasteiger charge is 2.14. The Morgan fingerprint density at radius 1 is 1.28 bits per heavy atom. The van der Waals surface area contributed by atoms with E-state index in [0.717, 1.165) is 22.6 Å².